The van der Waals surface area contributed by atoms with Crippen molar-refractivity contribution in [3.8, 4) is 0 Å². The molecule has 0 spiro atoms. The van der Waals surface area contributed by atoms with Crippen LogP contribution in [0.15, 0.2) is 11.6 Å². The molecule has 1 unspecified atom stereocenters. The molecule has 1 aliphatic carbocycles. The van der Waals surface area contributed by atoms with Gasteiger partial charge in [-0.25, -0.2) is 0 Å². The summed E-state index contributed by atoms with van der Waals surface area (Å²) in [5.41, 5.74) is 1.36. The van der Waals surface area contributed by atoms with Crippen molar-refractivity contribution in [1.29, 1.82) is 0 Å². The summed E-state index contributed by atoms with van der Waals surface area (Å²) < 4.78 is 0. The average molecular weight is 166 g/mol. The molecule has 0 heterocycles. The first kappa shape index (κ1) is 9.50. The Kier molecular flexibility index (Phi) is 2.71. The molecular formula is C11H18O. The van der Waals surface area contributed by atoms with Crippen LogP contribution in [0.25, 0.3) is 0 Å². The van der Waals surface area contributed by atoms with E-state index in [4.69, 9.17) is 0 Å². The van der Waals surface area contributed by atoms with Crippen LogP contribution < -0.4 is 0 Å². The monoisotopic (exact) mass is 166 g/mol. The quantitative estimate of drug-likeness (QED) is 0.616. The van der Waals surface area contributed by atoms with Crippen LogP contribution in [0.3, 0.4) is 0 Å². The molecule has 0 saturated heterocycles. The van der Waals surface area contributed by atoms with Gasteiger partial charge in [-0.2, -0.15) is 0 Å². The molecule has 0 fully saturated rings. The van der Waals surface area contributed by atoms with Crippen molar-refractivity contribution in [3.05, 3.63) is 11.6 Å². The molecule has 0 aromatic rings. The smallest absolute Gasteiger partial charge is 0.156 e. The molecule has 0 saturated carbocycles. The molecule has 0 aromatic carbocycles. The SMILES string of the molecule is CC(C)C1=CC(=O)CC1C(C)C. The molecular weight excluding hydrogens is 148 g/mol. The molecule has 0 bridgehead atoms. The highest BCUT2D eigenvalue weighted by Gasteiger charge is 2.28. The van der Waals surface area contributed by atoms with Gasteiger partial charge in [0.15, 0.2) is 5.78 Å². The second-order valence-electron chi connectivity index (χ2n) is 4.32. The maximum absolute atomic E-state index is 11.2. The minimum atomic E-state index is 0.317. The molecule has 0 aromatic heterocycles. The summed E-state index contributed by atoms with van der Waals surface area (Å²) in [7, 11) is 0. The molecule has 0 aliphatic heterocycles. The minimum Gasteiger partial charge on any atom is -0.295 e. The third-order valence-electron chi connectivity index (χ3n) is 2.65. The van der Waals surface area contributed by atoms with Gasteiger partial charge in [-0.1, -0.05) is 33.3 Å². The zero-order valence-corrected chi connectivity index (χ0v) is 8.42. The summed E-state index contributed by atoms with van der Waals surface area (Å²) in [6.07, 6.45) is 2.60. The standard InChI is InChI=1S/C11H18O/c1-7(2)10-5-9(12)6-11(10)8(3)4/h5,7-8,11H,6H2,1-4H3. The maximum Gasteiger partial charge on any atom is 0.156 e. The summed E-state index contributed by atoms with van der Waals surface area (Å²) in [5, 5.41) is 0. The highest BCUT2D eigenvalue weighted by molar-refractivity contribution is 5.93. The molecule has 0 radical (unpaired) electrons. The first-order chi connectivity index (χ1) is 5.52. The summed E-state index contributed by atoms with van der Waals surface area (Å²) in [6, 6.07) is 0. The average Bonchev–Trinajstić information content (AvgIpc) is 2.31. The molecule has 12 heavy (non-hydrogen) atoms. The van der Waals surface area contributed by atoms with E-state index in [0.29, 0.717) is 23.5 Å². The van der Waals surface area contributed by atoms with Crippen LogP contribution in [0.1, 0.15) is 34.1 Å². The third kappa shape index (κ3) is 1.77. The zero-order chi connectivity index (χ0) is 9.30. The molecule has 1 aliphatic rings. The summed E-state index contributed by atoms with van der Waals surface area (Å²) in [5.74, 6) is 1.96. The molecule has 1 nitrogen and oxygen atoms in total. The lowest BCUT2D eigenvalue weighted by Crippen LogP contribution is -2.12. The number of hydrogen-bond donors (Lipinski definition) is 0. The van der Waals surface area contributed by atoms with Gasteiger partial charge in [-0.15, -0.1) is 0 Å². The van der Waals surface area contributed by atoms with Gasteiger partial charge in [0.05, 0.1) is 0 Å². The van der Waals surface area contributed by atoms with Crippen LogP contribution in [-0.4, -0.2) is 5.78 Å². The Morgan fingerprint density at radius 2 is 1.92 bits per heavy atom. The Bertz CT molecular complexity index is 211. The fourth-order valence-corrected chi connectivity index (χ4v) is 1.90. The van der Waals surface area contributed by atoms with Crippen molar-refractivity contribution in [3.63, 3.8) is 0 Å². The lowest BCUT2D eigenvalue weighted by Gasteiger charge is -2.20. The Hall–Kier alpha value is -0.590. The van der Waals surface area contributed by atoms with Gasteiger partial charge < -0.3 is 0 Å². The highest BCUT2D eigenvalue weighted by atomic mass is 16.1. The normalized spacial score (nSPS) is 24.0. The second kappa shape index (κ2) is 3.42. The van der Waals surface area contributed by atoms with Gasteiger partial charge in [0.25, 0.3) is 0 Å². The summed E-state index contributed by atoms with van der Waals surface area (Å²) in [6.45, 7) is 8.72. The highest BCUT2D eigenvalue weighted by Crippen LogP contribution is 2.34. The van der Waals surface area contributed by atoms with Crippen molar-refractivity contribution < 1.29 is 4.79 Å². The number of ketones is 1. The number of carbonyl (C=O) groups is 1. The second-order valence-corrected chi connectivity index (χ2v) is 4.32. The fourth-order valence-electron chi connectivity index (χ4n) is 1.90. The zero-order valence-electron chi connectivity index (χ0n) is 8.42. The summed E-state index contributed by atoms with van der Waals surface area (Å²) in [4.78, 5) is 11.2. The van der Waals surface area contributed by atoms with Crippen LogP contribution in [0.2, 0.25) is 0 Å². The van der Waals surface area contributed by atoms with Gasteiger partial charge in [0, 0.05) is 6.42 Å². The van der Waals surface area contributed by atoms with Crippen LogP contribution in [0.5, 0.6) is 0 Å². The van der Waals surface area contributed by atoms with Crippen molar-refractivity contribution in [1.82, 2.24) is 0 Å². The van der Waals surface area contributed by atoms with Crippen molar-refractivity contribution in [2.24, 2.45) is 17.8 Å². The number of hydrogen-bond acceptors (Lipinski definition) is 1. The molecule has 0 amide bonds. The predicted molar refractivity (Wildman–Crippen MR) is 50.9 cm³/mol. The van der Waals surface area contributed by atoms with Gasteiger partial charge in [-0.05, 0) is 23.8 Å². The maximum atomic E-state index is 11.2. The number of rotatable bonds is 2. The van der Waals surface area contributed by atoms with E-state index in [2.05, 4.69) is 27.7 Å². The van der Waals surface area contributed by atoms with Crippen LogP contribution in [0.4, 0.5) is 0 Å². The third-order valence-corrected chi connectivity index (χ3v) is 2.65. The Morgan fingerprint density at radius 3 is 2.25 bits per heavy atom. The lowest BCUT2D eigenvalue weighted by atomic mass is 9.84. The predicted octanol–water partition coefficient (Wildman–Crippen LogP) is 2.81. The van der Waals surface area contributed by atoms with Crippen LogP contribution in [0, 0.1) is 17.8 Å². The topological polar surface area (TPSA) is 17.1 Å². The number of allylic oxidation sites excluding steroid dienone is 2. The van der Waals surface area contributed by atoms with E-state index in [0.717, 1.165) is 6.42 Å². The van der Waals surface area contributed by atoms with Gasteiger partial charge in [0.1, 0.15) is 0 Å². The van der Waals surface area contributed by atoms with Crippen molar-refractivity contribution >= 4 is 5.78 Å². The van der Waals surface area contributed by atoms with E-state index in [9.17, 15) is 4.79 Å². The Labute approximate surface area is 74.9 Å². The Morgan fingerprint density at radius 1 is 1.33 bits per heavy atom. The van der Waals surface area contributed by atoms with Crippen LogP contribution in [-0.2, 0) is 4.79 Å². The molecule has 1 atom stereocenters. The fraction of sp³-hybridized carbons (Fsp3) is 0.727. The van der Waals surface area contributed by atoms with Gasteiger partial charge in [-0.3, -0.25) is 4.79 Å². The molecule has 1 heteroatoms. The van der Waals surface area contributed by atoms with E-state index < -0.39 is 0 Å². The molecule has 68 valence electrons. The van der Waals surface area contributed by atoms with Crippen molar-refractivity contribution in [2.45, 2.75) is 34.1 Å². The largest absolute Gasteiger partial charge is 0.295 e. The Balaban J connectivity index is 2.80. The van der Waals surface area contributed by atoms with Gasteiger partial charge in [0.2, 0.25) is 0 Å². The van der Waals surface area contributed by atoms with E-state index >= 15 is 0 Å². The first-order valence-electron chi connectivity index (χ1n) is 4.76. The van der Waals surface area contributed by atoms with E-state index in [1.807, 2.05) is 6.08 Å². The number of carbonyl (C=O) groups excluding carboxylic acids is 1. The molecule has 0 N–H and O–H groups in total. The van der Waals surface area contributed by atoms with E-state index in [-0.39, 0.29) is 0 Å². The van der Waals surface area contributed by atoms with E-state index in [1.54, 1.807) is 0 Å². The molecule has 1 rings (SSSR count). The van der Waals surface area contributed by atoms with Crippen molar-refractivity contribution in [2.75, 3.05) is 0 Å². The summed E-state index contributed by atoms with van der Waals surface area (Å²) >= 11 is 0. The van der Waals surface area contributed by atoms with Gasteiger partial charge >= 0.3 is 0 Å². The van der Waals surface area contributed by atoms with Crippen LogP contribution >= 0.6 is 0 Å². The lowest BCUT2D eigenvalue weighted by molar-refractivity contribution is -0.114. The minimum absolute atomic E-state index is 0.317. The van der Waals surface area contributed by atoms with E-state index in [1.165, 1.54) is 5.57 Å². The first-order valence-corrected chi connectivity index (χ1v) is 4.76.